The molecule has 5 heteroatoms. The standard InChI is InChI=1S/C21H26N2O2S/c1-14-18(22-15(2)24)7-6-8-19(14)23-20(25)13-26-17-11-9-16(10-12-17)21(3,4)5/h6-12H,13H2,1-5H3,(H,22,24)(H,23,25). The van der Waals surface area contributed by atoms with Crippen molar-refractivity contribution in [2.24, 2.45) is 0 Å². The van der Waals surface area contributed by atoms with Gasteiger partial charge in [-0.05, 0) is 47.7 Å². The van der Waals surface area contributed by atoms with Crippen molar-refractivity contribution in [1.29, 1.82) is 0 Å². The van der Waals surface area contributed by atoms with Crippen molar-refractivity contribution in [3.63, 3.8) is 0 Å². The summed E-state index contributed by atoms with van der Waals surface area (Å²) in [5.74, 6) is 0.127. The molecule has 2 aromatic carbocycles. The number of rotatable bonds is 5. The first-order valence-corrected chi connectivity index (χ1v) is 9.56. The highest BCUT2D eigenvalue weighted by molar-refractivity contribution is 8.00. The first-order valence-electron chi connectivity index (χ1n) is 8.57. The van der Waals surface area contributed by atoms with Crippen LogP contribution in [0.15, 0.2) is 47.4 Å². The van der Waals surface area contributed by atoms with E-state index in [1.165, 1.54) is 24.2 Å². The Bertz CT molecular complexity index is 793. The Morgan fingerprint density at radius 1 is 0.962 bits per heavy atom. The van der Waals surface area contributed by atoms with Gasteiger partial charge in [0, 0.05) is 23.2 Å². The monoisotopic (exact) mass is 370 g/mol. The van der Waals surface area contributed by atoms with E-state index >= 15 is 0 Å². The van der Waals surface area contributed by atoms with Gasteiger partial charge < -0.3 is 10.6 Å². The third-order valence-electron chi connectivity index (χ3n) is 4.01. The first-order chi connectivity index (χ1) is 12.2. The molecule has 0 saturated carbocycles. The van der Waals surface area contributed by atoms with Crippen LogP contribution in [0.4, 0.5) is 11.4 Å². The van der Waals surface area contributed by atoms with Gasteiger partial charge in [0.1, 0.15) is 0 Å². The Labute approximate surface area is 159 Å². The third-order valence-corrected chi connectivity index (χ3v) is 5.02. The summed E-state index contributed by atoms with van der Waals surface area (Å²) in [7, 11) is 0. The molecule has 0 aliphatic carbocycles. The smallest absolute Gasteiger partial charge is 0.234 e. The van der Waals surface area contributed by atoms with Crippen molar-refractivity contribution in [2.75, 3.05) is 16.4 Å². The number of carbonyl (C=O) groups is 2. The predicted octanol–water partition coefficient (Wildman–Crippen LogP) is 4.98. The molecule has 0 aliphatic heterocycles. The van der Waals surface area contributed by atoms with Crippen molar-refractivity contribution in [1.82, 2.24) is 0 Å². The SMILES string of the molecule is CC(=O)Nc1cccc(NC(=O)CSc2ccc(C(C)(C)C)cc2)c1C. The van der Waals surface area contributed by atoms with Crippen molar-refractivity contribution in [2.45, 2.75) is 44.9 Å². The summed E-state index contributed by atoms with van der Waals surface area (Å²) in [6.45, 7) is 9.88. The molecule has 138 valence electrons. The average molecular weight is 371 g/mol. The van der Waals surface area contributed by atoms with Gasteiger partial charge in [-0.2, -0.15) is 0 Å². The Morgan fingerprint density at radius 3 is 2.08 bits per heavy atom. The lowest BCUT2D eigenvalue weighted by Gasteiger charge is -2.19. The van der Waals surface area contributed by atoms with E-state index in [2.05, 4.69) is 55.7 Å². The van der Waals surface area contributed by atoms with Crippen molar-refractivity contribution in [3.8, 4) is 0 Å². The highest BCUT2D eigenvalue weighted by atomic mass is 32.2. The Morgan fingerprint density at radius 2 is 1.54 bits per heavy atom. The molecule has 0 radical (unpaired) electrons. The fourth-order valence-corrected chi connectivity index (χ4v) is 3.18. The summed E-state index contributed by atoms with van der Waals surface area (Å²) in [6.07, 6.45) is 0. The van der Waals surface area contributed by atoms with Crippen molar-refractivity contribution >= 4 is 35.0 Å². The van der Waals surface area contributed by atoms with E-state index in [4.69, 9.17) is 0 Å². The fourth-order valence-electron chi connectivity index (χ4n) is 2.48. The number of amides is 2. The molecular formula is C21H26N2O2S. The van der Waals surface area contributed by atoms with Crippen LogP contribution in [0.2, 0.25) is 0 Å². The molecular weight excluding hydrogens is 344 g/mol. The van der Waals surface area contributed by atoms with Crippen LogP contribution in [0.1, 0.15) is 38.8 Å². The minimum atomic E-state index is -0.133. The second kappa shape index (κ2) is 8.41. The van der Waals surface area contributed by atoms with Gasteiger partial charge in [0.15, 0.2) is 0 Å². The number of hydrogen-bond donors (Lipinski definition) is 2. The van der Waals surface area contributed by atoms with E-state index < -0.39 is 0 Å². The van der Waals surface area contributed by atoms with E-state index in [1.807, 2.05) is 25.1 Å². The molecule has 0 saturated heterocycles. The van der Waals surface area contributed by atoms with E-state index in [9.17, 15) is 9.59 Å². The lowest BCUT2D eigenvalue weighted by atomic mass is 9.87. The number of thioether (sulfide) groups is 1. The molecule has 2 aromatic rings. The van der Waals surface area contributed by atoms with Crippen LogP contribution in [0, 0.1) is 6.92 Å². The number of anilines is 2. The molecule has 0 spiro atoms. The molecule has 0 unspecified atom stereocenters. The molecule has 2 amide bonds. The molecule has 0 bridgehead atoms. The molecule has 4 nitrogen and oxygen atoms in total. The van der Waals surface area contributed by atoms with E-state index in [-0.39, 0.29) is 17.2 Å². The summed E-state index contributed by atoms with van der Waals surface area (Å²) in [5, 5.41) is 5.69. The summed E-state index contributed by atoms with van der Waals surface area (Å²) in [5.41, 5.74) is 3.66. The van der Waals surface area contributed by atoms with Crippen LogP contribution < -0.4 is 10.6 Å². The maximum Gasteiger partial charge on any atom is 0.234 e. The Balaban J connectivity index is 1.96. The second-order valence-electron chi connectivity index (χ2n) is 7.27. The van der Waals surface area contributed by atoms with Crippen LogP contribution >= 0.6 is 11.8 Å². The van der Waals surface area contributed by atoms with Gasteiger partial charge in [-0.3, -0.25) is 9.59 Å². The molecule has 0 atom stereocenters. The highest BCUT2D eigenvalue weighted by Gasteiger charge is 2.13. The van der Waals surface area contributed by atoms with Gasteiger partial charge in [-0.1, -0.05) is 39.0 Å². The topological polar surface area (TPSA) is 58.2 Å². The number of benzene rings is 2. The molecule has 0 heterocycles. The van der Waals surface area contributed by atoms with Crippen LogP contribution in [0.3, 0.4) is 0 Å². The van der Waals surface area contributed by atoms with Gasteiger partial charge in [0.25, 0.3) is 0 Å². The average Bonchev–Trinajstić information content (AvgIpc) is 2.56. The van der Waals surface area contributed by atoms with E-state index in [1.54, 1.807) is 0 Å². The number of hydrogen-bond acceptors (Lipinski definition) is 3. The molecule has 0 fully saturated rings. The van der Waals surface area contributed by atoms with Crippen LogP contribution in [0.25, 0.3) is 0 Å². The third kappa shape index (κ3) is 5.63. The summed E-state index contributed by atoms with van der Waals surface area (Å²) in [4.78, 5) is 24.6. The highest BCUT2D eigenvalue weighted by Crippen LogP contribution is 2.26. The normalized spacial score (nSPS) is 11.1. The van der Waals surface area contributed by atoms with Crippen LogP contribution in [-0.4, -0.2) is 17.6 Å². The molecule has 26 heavy (non-hydrogen) atoms. The first kappa shape index (κ1) is 20.0. The molecule has 0 aliphatic rings. The van der Waals surface area contributed by atoms with Crippen LogP contribution in [0.5, 0.6) is 0 Å². The maximum absolute atomic E-state index is 12.3. The minimum absolute atomic E-state index is 0.0713. The van der Waals surface area contributed by atoms with Gasteiger partial charge in [-0.25, -0.2) is 0 Å². The van der Waals surface area contributed by atoms with Crippen molar-refractivity contribution < 1.29 is 9.59 Å². The minimum Gasteiger partial charge on any atom is -0.326 e. The molecule has 2 rings (SSSR count). The molecule has 0 aromatic heterocycles. The Kier molecular flexibility index (Phi) is 6.48. The fraction of sp³-hybridized carbons (Fsp3) is 0.333. The Hall–Kier alpha value is -2.27. The van der Waals surface area contributed by atoms with Crippen LogP contribution in [-0.2, 0) is 15.0 Å². The lowest BCUT2D eigenvalue weighted by molar-refractivity contribution is -0.114. The van der Waals surface area contributed by atoms with E-state index in [0.29, 0.717) is 17.1 Å². The number of carbonyl (C=O) groups excluding carboxylic acids is 2. The lowest BCUT2D eigenvalue weighted by Crippen LogP contribution is -2.16. The second-order valence-corrected chi connectivity index (χ2v) is 8.32. The largest absolute Gasteiger partial charge is 0.326 e. The van der Waals surface area contributed by atoms with Crippen molar-refractivity contribution in [3.05, 3.63) is 53.6 Å². The summed E-state index contributed by atoms with van der Waals surface area (Å²) in [6, 6.07) is 13.8. The zero-order valence-electron chi connectivity index (χ0n) is 16.0. The maximum atomic E-state index is 12.3. The summed E-state index contributed by atoms with van der Waals surface area (Å²) < 4.78 is 0. The van der Waals surface area contributed by atoms with Gasteiger partial charge in [0.05, 0.1) is 5.75 Å². The van der Waals surface area contributed by atoms with Gasteiger partial charge in [0.2, 0.25) is 11.8 Å². The van der Waals surface area contributed by atoms with Gasteiger partial charge >= 0.3 is 0 Å². The predicted molar refractivity (Wildman–Crippen MR) is 110 cm³/mol. The van der Waals surface area contributed by atoms with Gasteiger partial charge in [-0.15, -0.1) is 11.8 Å². The van der Waals surface area contributed by atoms with E-state index in [0.717, 1.165) is 10.5 Å². The zero-order chi connectivity index (χ0) is 19.3. The molecule has 2 N–H and O–H groups in total. The quantitative estimate of drug-likeness (QED) is 0.730. The zero-order valence-corrected chi connectivity index (χ0v) is 16.8. The summed E-state index contributed by atoms with van der Waals surface area (Å²) >= 11 is 1.51. The number of nitrogens with one attached hydrogen (secondary N) is 2.